The Morgan fingerprint density at radius 2 is 1.88 bits per heavy atom. The summed E-state index contributed by atoms with van der Waals surface area (Å²) in [5.74, 6) is 0.948. The van der Waals surface area contributed by atoms with Gasteiger partial charge in [-0.3, -0.25) is 14.9 Å². The molecule has 7 heteroatoms. The second kappa shape index (κ2) is 8.29. The van der Waals surface area contributed by atoms with Gasteiger partial charge < -0.3 is 9.47 Å². The number of hydrogen-bond donors (Lipinski definition) is 1. The number of ether oxygens (including phenoxy) is 2. The minimum Gasteiger partial charge on any atom is -0.490 e. The van der Waals surface area contributed by atoms with E-state index in [9.17, 15) is 9.59 Å². The van der Waals surface area contributed by atoms with Crippen LogP contribution in [0.25, 0.3) is 6.08 Å². The van der Waals surface area contributed by atoms with Gasteiger partial charge in [0.05, 0.1) is 4.91 Å². The minimum absolute atomic E-state index is 0.333. The number of imide groups is 1. The number of halogens is 1. The minimum atomic E-state index is -0.392. The third kappa shape index (κ3) is 4.59. The zero-order valence-electron chi connectivity index (χ0n) is 14.0. The Kier molecular flexibility index (Phi) is 5.85. The van der Waals surface area contributed by atoms with E-state index in [1.807, 2.05) is 31.2 Å². The zero-order chi connectivity index (χ0) is 18.5. The fourth-order valence-corrected chi connectivity index (χ4v) is 3.10. The van der Waals surface area contributed by atoms with Gasteiger partial charge in [0.25, 0.3) is 11.1 Å². The first-order chi connectivity index (χ1) is 12.5. The molecule has 2 aromatic rings. The second-order valence-electron chi connectivity index (χ2n) is 5.50. The van der Waals surface area contributed by atoms with Crippen LogP contribution in [0.15, 0.2) is 47.4 Å². The van der Waals surface area contributed by atoms with E-state index in [0.29, 0.717) is 28.9 Å². The number of rotatable bonds is 6. The lowest BCUT2D eigenvalue weighted by atomic mass is 10.2. The predicted molar refractivity (Wildman–Crippen MR) is 103 cm³/mol. The van der Waals surface area contributed by atoms with Crippen LogP contribution in [0.1, 0.15) is 11.1 Å². The van der Waals surface area contributed by atoms with Crippen LogP contribution in [-0.2, 0) is 4.79 Å². The first-order valence-electron chi connectivity index (χ1n) is 7.88. The molecule has 2 aromatic carbocycles. The fraction of sp³-hybridized carbons (Fsp3) is 0.158. The molecule has 1 fully saturated rings. The number of carbonyl (C=O) groups excluding carboxylic acids is 2. The lowest BCUT2D eigenvalue weighted by molar-refractivity contribution is -0.115. The van der Waals surface area contributed by atoms with Crippen molar-refractivity contribution in [3.63, 3.8) is 0 Å². The molecule has 0 radical (unpaired) electrons. The number of nitrogens with one attached hydrogen (secondary N) is 1. The van der Waals surface area contributed by atoms with E-state index in [2.05, 4.69) is 5.32 Å². The number of thioether (sulfide) groups is 1. The van der Waals surface area contributed by atoms with Crippen LogP contribution in [0.2, 0.25) is 5.02 Å². The van der Waals surface area contributed by atoms with Gasteiger partial charge in [0.15, 0.2) is 0 Å². The number of hydrogen-bond acceptors (Lipinski definition) is 5. The zero-order valence-corrected chi connectivity index (χ0v) is 15.5. The van der Waals surface area contributed by atoms with Crippen molar-refractivity contribution >= 4 is 40.6 Å². The summed E-state index contributed by atoms with van der Waals surface area (Å²) in [5, 5.41) is 2.56. The van der Waals surface area contributed by atoms with E-state index >= 15 is 0 Å². The van der Waals surface area contributed by atoms with Gasteiger partial charge in [-0.2, -0.15) is 0 Å². The molecule has 1 N–H and O–H groups in total. The number of aryl methyl sites for hydroxylation is 1. The van der Waals surface area contributed by atoms with Crippen molar-refractivity contribution in [1.82, 2.24) is 5.32 Å². The van der Waals surface area contributed by atoms with Gasteiger partial charge in [0.2, 0.25) is 0 Å². The summed E-state index contributed by atoms with van der Waals surface area (Å²) in [4.78, 5) is 23.3. The van der Waals surface area contributed by atoms with E-state index in [0.717, 1.165) is 28.6 Å². The molecule has 0 aliphatic carbocycles. The molecule has 1 saturated heterocycles. The SMILES string of the molecule is Cc1cc(OCCOc2ccccc2/C=C2\SC(=O)NC2=O)ccc1Cl. The van der Waals surface area contributed by atoms with Crippen LogP contribution in [0.4, 0.5) is 4.79 Å². The predicted octanol–water partition coefficient (Wildman–Crippen LogP) is 4.43. The summed E-state index contributed by atoms with van der Waals surface area (Å²) in [6.45, 7) is 2.61. The normalized spacial score (nSPS) is 15.2. The molecular weight excluding hydrogens is 374 g/mol. The van der Waals surface area contributed by atoms with Crippen LogP contribution in [0.3, 0.4) is 0 Å². The van der Waals surface area contributed by atoms with Gasteiger partial charge in [-0.05, 0) is 54.6 Å². The van der Waals surface area contributed by atoms with Crippen LogP contribution < -0.4 is 14.8 Å². The van der Waals surface area contributed by atoms with Crippen LogP contribution in [0, 0.1) is 6.92 Å². The highest BCUT2D eigenvalue weighted by molar-refractivity contribution is 8.18. The molecule has 5 nitrogen and oxygen atoms in total. The maximum absolute atomic E-state index is 11.7. The van der Waals surface area contributed by atoms with Crippen molar-refractivity contribution in [3.05, 3.63) is 63.5 Å². The molecule has 0 spiro atoms. The van der Waals surface area contributed by atoms with Crippen LogP contribution >= 0.6 is 23.4 Å². The maximum Gasteiger partial charge on any atom is 0.290 e. The standard InChI is InChI=1S/C19H16ClNO4S/c1-12-10-14(6-7-15(12)20)24-8-9-25-16-5-3-2-4-13(16)11-17-18(22)21-19(23)26-17/h2-7,10-11H,8-9H2,1H3,(H,21,22,23)/b17-11-. The van der Waals surface area contributed by atoms with Crippen LogP contribution in [0.5, 0.6) is 11.5 Å². The Morgan fingerprint density at radius 3 is 2.62 bits per heavy atom. The maximum atomic E-state index is 11.7. The molecule has 1 heterocycles. The molecule has 26 heavy (non-hydrogen) atoms. The van der Waals surface area contributed by atoms with Crippen molar-refractivity contribution in [3.8, 4) is 11.5 Å². The molecule has 1 aliphatic heterocycles. The summed E-state index contributed by atoms with van der Waals surface area (Å²) in [5.41, 5.74) is 1.67. The number of carbonyl (C=O) groups is 2. The Labute approximate surface area is 160 Å². The molecule has 0 unspecified atom stereocenters. The highest BCUT2D eigenvalue weighted by Crippen LogP contribution is 2.29. The topological polar surface area (TPSA) is 64.6 Å². The average Bonchev–Trinajstić information content (AvgIpc) is 2.93. The van der Waals surface area contributed by atoms with E-state index in [1.165, 1.54) is 0 Å². The van der Waals surface area contributed by atoms with E-state index < -0.39 is 5.91 Å². The van der Waals surface area contributed by atoms with Crippen molar-refractivity contribution < 1.29 is 19.1 Å². The van der Waals surface area contributed by atoms with Gasteiger partial charge in [-0.25, -0.2) is 0 Å². The molecule has 2 amide bonds. The van der Waals surface area contributed by atoms with Gasteiger partial charge in [-0.15, -0.1) is 0 Å². The van der Waals surface area contributed by atoms with E-state index in [1.54, 1.807) is 24.3 Å². The van der Waals surface area contributed by atoms with Crippen molar-refractivity contribution in [2.24, 2.45) is 0 Å². The monoisotopic (exact) mass is 389 g/mol. The van der Waals surface area contributed by atoms with Crippen molar-refractivity contribution in [2.75, 3.05) is 13.2 Å². The smallest absolute Gasteiger partial charge is 0.290 e. The van der Waals surface area contributed by atoms with E-state index in [4.69, 9.17) is 21.1 Å². The molecule has 0 saturated carbocycles. The molecule has 0 aromatic heterocycles. The molecule has 1 aliphatic rings. The second-order valence-corrected chi connectivity index (χ2v) is 6.92. The van der Waals surface area contributed by atoms with Gasteiger partial charge in [0.1, 0.15) is 24.7 Å². The molecule has 134 valence electrons. The summed E-state index contributed by atoms with van der Waals surface area (Å²) < 4.78 is 11.4. The largest absolute Gasteiger partial charge is 0.490 e. The fourth-order valence-electron chi connectivity index (χ4n) is 2.31. The number of para-hydroxylation sites is 1. The Bertz CT molecular complexity index is 882. The quantitative estimate of drug-likeness (QED) is 0.584. The molecule has 0 bridgehead atoms. The Hall–Kier alpha value is -2.44. The van der Waals surface area contributed by atoms with Crippen molar-refractivity contribution in [1.29, 1.82) is 0 Å². The third-order valence-corrected chi connectivity index (χ3v) is 4.82. The number of benzene rings is 2. The number of amides is 2. The van der Waals surface area contributed by atoms with E-state index in [-0.39, 0.29) is 5.24 Å². The van der Waals surface area contributed by atoms with Gasteiger partial charge >= 0.3 is 0 Å². The van der Waals surface area contributed by atoms with Gasteiger partial charge in [-0.1, -0.05) is 29.8 Å². The van der Waals surface area contributed by atoms with Crippen molar-refractivity contribution in [2.45, 2.75) is 6.92 Å². The highest BCUT2D eigenvalue weighted by Gasteiger charge is 2.25. The highest BCUT2D eigenvalue weighted by atomic mass is 35.5. The molecule has 0 atom stereocenters. The Morgan fingerprint density at radius 1 is 1.12 bits per heavy atom. The molecule has 3 rings (SSSR count). The lowest BCUT2D eigenvalue weighted by Gasteiger charge is -2.11. The van der Waals surface area contributed by atoms with Gasteiger partial charge in [0, 0.05) is 10.6 Å². The first kappa shape index (κ1) is 18.4. The molecular formula is C19H16ClNO4S. The average molecular weight is 390 g/mol. The third-order valence-electron chi connectivity index (χ3n) is 3.59. The summed E-state index contributed by atoms with van der Waals surface area (Å²) in [6.07, 6.45) is 1.64. The lowest BCUT2D eigenvalue weighted by Crippen LogP contribution is -2.17. The summed E-state index contributed by atoms with van der Waals surface area (Å²) in [6, 6.07) is 12.8. The Balaban J connectivity index is 1.60. The summed E-state index contributed by atoms with van der Waals surface area (Å²) in [7, 11) is 0. The van der Waals surface area contributed by atoms with Crippen LogP contribution in [-0.4, -0.2) is 24.4 Å². The summed E-state index contributed by atoms with van der Waals surface area (Å²) >= 11 is 6.87. The first-order valence-corrected chi connectivity index (χ1v) is 9.08.